The Bertz CT molecular complexity index is 629. The van der Waals surface area contributed by atoms with E-state index >= 15 is 0 Å². The Hall–Kier alpha value is -1.88. The van der Waals surface area contributed by atoms with Crippen LogP contribution < -0.4 is 10.1 Å². The van der Waals surface area contributed by atoms with Gasteiger partial charge in [0.1, 0.15) is 5.75 Å². The SMILES string of the molecule is CC(C)(C)NCCc1nnc(-c2ccc3c(c2)CCO3)o1. The summed E-state index contributed by atoms with van der Waals surface area (Å²) in [4.78, 5) is 0. The normalized spacial score (nSPS) is 14.0. The monoisotopic (exact) mass is 287 g/mol. The van der Waals surface area contributed by atoms with Gasteiger partial charge in [-0.05, 0) is 44.5 Å². The zero-order valence-electron chi connectivity index (χ0n) is 12.8. The van der Waals surface area contributed by atoms with Crippen LogP contribution in [0.25, 0.3) is 11.5 Å². The average molecular weight is 287 g/mol. The van der Waals surface area contributed by atoms with E-state index < -0.39 is 0 Å². The Morgan fingerprint density at radius 3 is 2.90 bits per heavy atom. The van der Waals surface area contributed by atoms with Crippen LogP contribution in [-0.4, -0.2) is 28.9 Å². The lowest BCUT2D eigenvalue weighted by atomic mass is 10.1. The van der Waals surface area contributed by atoms with E-state index in [0.29, 0.717) is 11.8 Å². The third-order valence-electron chi connectivity index (χ3n) is 3.40. The predicted molar refractivity (Wildman–Crippen MR) is 80.4 cm³/mol. The van der Waals surface area contributed by atoms with Crippen molar-refractivity contribution in [2.45, 2.75) is 39.2 Å². The second-order valence-corrected chi connectivity index (χ2v) is 6.35. The molecule has 0 bridgehead atoms. The quantitative estimate of drug-likeness (QED) is 0.936. The Kier molecular flexibility index (Phi) is 3.68. The van der Waals surface area contributed by atoms with Crippen molar-refractivity contribution in [1.82, 2.24) is 15.5 Å². The average Bonchev–Trinajstić information content (AvgIpc) is 3.04. The van der Waals surface area contributed by atoms with Crippen LogP contribution in [0.1, 0.15) is 32.2 Å². The fraction of sp³-hybridized carbons (Fsp3) is 0.500. The summed E-state index contributed by atoms with van der Waals surface area (Å²) in [7, 11) is 0. The molecule has 0 fully saturated rings. The largest absolute Gasteiger partial charge is 0.493 e. The molecular formula is C16H21N3O2. The third-order valence-corrected chi connectivity index (χ3v) is 3.40. The maximum absolute atomic E-state index is 5.74. The van der Waals surface area contributed by atoms with Crippen molar-refractivity contribution < 1.29 is 9.15 Å². The molecule has 0 unspecified atom stereocenters. The lowest BCUT2D eigenvalue weighted by molar-refractivity contribution is 0.357. The Morgan fingerprint density at radius 2 is 2.10 bits per heavy atom. The minimum atomic E-state index is 0.100. The molecule has 112 valence electrons. The van der Waals surface area contributed by atoms with Crippen molar-refractivity contribution in [3.8, 4) is 17.2 Å². The van der Waals surface area contributed by atoms with Crippen molar-refractivity contribution in [2.24, 2.45) is 0 Å². The summed E-state index contributed by atoms with van der Waals surface area (Å²) in [5.41, 5.74) is 2.27. The van der Waals surface area contributed by atoms with Gasteiger partial charge in [0.2, 0.25) is 11.8 Å². The lowest BCUT2D eigenvalue weighted by Gasteiger charge is -2.19. The van der Waals surface area contributed by atoms with Crippen LogP contribution in [-0.2, 0) is 12.8 Å². The fourth-order valence-corrected chi connectivity index (χ4v) is 2.34. The molecule has 0 spiro atoms. The third kappa shape index (κ3) is 3.42. The number of hydrogen-bond donors (Lipinski definition) is 1. The summed E-state index contributed by atoms with van der Waals surface area (Å²) < 4.78 is 11.2. The second kappa shape index (κ2) is 5.48. The molecule has 5 nitrogen and oxygen atoms in total. The van der Waals surface area contributed by atoms with Crippen molar-refractivity contribution in [3.63, 3.8) is 0 Å². The van der Waals surface area contributed by atoms with Gasteiger partial charge in [-0.1, -0.05) is 0 Å². The first-order valence-electron chi connectivity index (χ1n) is 7.35. The number of nitrogens with one attached hydrogen (secondary N) is 1. The molecule has 0 saturated carbocycles. The van der Waals surface area contributed by atoms with Crippen LogP contribution in [0.4, 0.5) is 0 Å². The topological polar surface area (TPSA) is 60.2 Å². The molecule has 1 N–H and O–H groups in total. The number of fused-ring (bicyclic) bond motifs is 1. The van der Waals surface area contributed by atoms with Crippen LogP contribution in [0.2, 0.25) is 0 Å². The maximum Gasteiger partial charge on any atom is 0.247 e. The van der Waals surface area contributed by atoms with Gasteiger partial charge in [0.25, 0.3) is 0 Å². The summed E-state index contributed by atoms with van der Waals surface area (Å²) in [5.74, 6) is 2.21. The highest BCUT2D eigenvalue weighted by Gasteiger charge is 2.16. The standard InChI is InChI=1S/C16H21N3O2/c1-16(2,3)17-8-6-14-18-19-15(21-14)12-4-5-13-11(10-12)7-9-20-13/h4-5,10,17H,6-9H2,1-3H3. The number of aromatic nitrogens is 2. The Morgan fingerprint density at radius 1 is 1.24 bits per heavy atom. The van der Waals surface area contributed by atoms with E-state index in [1.165, 1.54) is 5.56 Å². The van der Waals surface area contributed by atoms with E-state index in [9.17, 15) is 0 Å². The van der Waals surface area contributed by atoms with E-state index in [1.807, 2.05) is 12.1 Å². The zero-order valence-corrected chi connectivity index (χ0v) is 12.8. The van der Waals surface area contributed by atoms with E-state index in [4.69, 9.17) is 9.15 Å². The molecule has 1 aliphatic rings. The smallest absolute Gasteiger partial charge is 0.247 e. The molecular weight excluding hydrogens is 266 g/mol. The second-order valence-electron chi connectivity index (χ2n) is 6.35. The number of ether oxygens (including phenoxy) is 1. The summed E-state index contributed by atoms with van der Waals surface area (Å²) in [6.45, 7) is 7.99. The van der Waals surface area contributed by atoms with Crippen LogP contribution in [0.3, 0.4) is 0 Å². The summed E-state index contributed by atoms with van der Waals surface area (Å²) in [6, 6.07) is 6.02. The predicted octanol–water partition coefficient (Wildman–Crippen LogP) is 2.60. The zero-order chi connectivity index (χ0) is 14.9. The number of nitrogens with zero attached hydrogens (tertiary/aromatic N) is 2. The van der Waals surface area contributed by atoms with Gasteiger partial charge >= 0.3 is 0 Å². The molecule has 3 rings (SSSR count). The molecule has 0 atom stereocenters. The molecule has 2 heterocycles. The molecule has 0 saturated heterocycles. The first-order valence-corrected chi connectivity index (χ1v) is 7.35. The van der Waals surface area contributed by atoms with Gasteiger partial charge in [-0.15, -0.1) is 10.2 Å². The Balaban J connectivity index is 1.67. The highest BCUT2D eigenvalue weighted by Crippen LogP contribution is 2.29. The van der Waals surface area contributed by atoms with Crippen molar-refractivity contribution in [2.75, 3.05) is 13.2 Å². The van der Waals surface area contributed by atoms with Gasteiger partial charge in [-0.25, -0.2) is 0 Å². The summed E-state index contributed by atoms with van der Waals surface area (Å²) in [6.07, 6.45) is 1.68. The van der Waals surface area contributed by atoms with E-state index in [-0.39, 0.29) is 5.54 Å². The highest BCUT2D eigenvalue weighted by atomic mass is 16.5. The molecule has 1 aromatic carbocycles. The van der Waals surface area contributed by atoms with Crippen molar-refractivity contribution >= 4 is 0 Å². The Labute approximate surface area is 124 Å². The van der Waals surface area contributed by atoms with Crippen LogP contribution in [0.5, 0.6) is 5.75 Å². The van der Waals surface area contributed by atoms with Gasteiger partial charge in [0.15, 0.2) is 0 Å². The molecule has 1 aliphatic heterocycles. The van der Waals surface area contributed by atoms with Gasteiger partial charge in [0.05, 0.1) is 6.61 Å². The van der Waals surface area contributed by atoms with Gasteiger partial charge in [-0.2, -0.15) is 0 Å². The van der Waals surface area contributed by atoms with Gasteiger partial charge in [0, 0.05) is 30.5 Å². The molecule has 0 aliphatic carbocycles. The van der Waals surface area contributed by atoms with Crippen LogP contribution >= 0.6 is 0 Å². The number of benzene rings is 1. The lowest BCUT2D eigenvalue weighted by Crippen LogP contribution is -2.37. The molecule has 2 aromatic rings. The van der Waals surface area contributed by atoms with E-state index in [2.05, 4.69) is 42.4 Å². The van der Waals surface area contributed by atoms with E-state index in [0.717, 1.165) is 37.3 Å². The van der Waals surface area contributed by atoms with Gasteiger partial charge < -0.3 is 14.5 Å². The number of hydrogen-bond acceptors (Lipinski definition) is 5. The number of rotatable bonds is 4. The maximum atomic E-state index is 5.74. The first-order chi connectivity index (χ1) is 10.0. The van der Waals surface area contributed by atoms with Crippen molar-refractivity contribution in [1.29, 1.82) is 0 Å². The van der Waals surface area contributed by atoms with Crippen molar-refractivity contribution in [3.05, 3.63) is 29.7 Å². The van der Waals surface area contributed by atoms with Crippen LogP contribution in [0.15, 0.2) is 22.6 Å². The van der Waals surface area contributed by atoms with E-state index in [1.54, 1.807) is 0 Å². The molecule has 0 radical (unpaired) electrons. The summed E-state index contributed by atoms with van der Waals surface area (Å²) >= 11 is 0. The molecule has 21 heavy (non-hydrogen) atoms. The fourth-order valence-electron chi connectivity index (χ4n) is 2.34. The molecule has 0 amide bonds. The highest BCUT2D eigenvalue weighted by molar-refractivity contribution is 5.57. The summed E-state index contributed by atoms with van der Waals surface area (Å²) in [5, 5.41) is 11.7. The minimum absolute atomic E-state index is 0.100. The molecule has 5 heteroatoms. The minimum Gasteiger partial charge on any atom is -0.493 e. The molecule has 1 aromatic heterocycles. The van der Waals surface area contributed by atoms with Gasteiger partial charge in [-0.3, -0.25) is 0 Å². The van der Waals surface area contributed by atoms with Crippen LogP contribution in [0, 0.1) is 0 Å². The first kappa shape index (κ1) is 14.1.